The number of hydrogen-bond donors (Lipinski definition) is 3. The highest BCUT2D eigenvalue weighted by atomic mass is 16.5. The largest absolute Gasteiger partial charge is 0.504 e. The Bertz CT molecular complexity index is 562. The van der Waals surface area contributed by atoms with Gasteiger partial charge in [0.1, 0.15) is 0 Å². The van der Waals surface area contributed by atoms with Crippen molar-refractivity contribution in [2.45, 2.75) is 110 Å². The minimum absolute atomic E-state index is 0.0271. The van der Waals surface area contributed by atoms with E-state index in [1.807, 2.05) is 0 Å². The van der Waals surface area contributed by atoms with E-state index in [1.54, 1.807) is 0 Å². The first kappa shape index (κ1) is 26.1. The van der Waals surface area contributed by atoms with Crippen LogP contribution in [-0.2, 0) is 4.74 Å². The first-order valence-electron chi connectivity index (χ1n) is 12.0. The predicted molar refractivity (Wildman–Crippen MR) is 121 cm³/mol. The second-order valence-corrected chi connectivity index (χ2v) is 8.30. The van der Waals surface area contributed by atoms with Gasteiger partial charge in [0.2, 0.25) is 0 Å². The van der Waals surface area contributed by atoms with E-state index in [0.717, 1.165) is 31.4 Å². The molecule has 0 aliphatic carbocycles. The first-order chi connectivity index (χ1) is 14.6. The minimum Gasteiger partial charge on any atom is -0.504 e. The summed E-state index contributed by atoms with van der Waals surface area (Å²) in [6, 6.07) is 2.18. The van der Waals surface area contributed by atoms with Crippen LogP contribution in [0.5, 0.6) is 17.2 Å². The number of rotatable bonds is 18. The smallest absolute Gasteiger partial charge is 0.338 e. The van der Waals surface area contributed by atoms with E-state index in [-0.39, 0.29) is 5.56 Å². The van der Waals surface area contributed by atoms with E-state index in [4.69, 9.17) is 4.74 Å². The maximum Gasteiger partial charge on any atom is 0.338 e. The lowest BCUT2D eigenvalue weighted by molar-refractivity contribution is 0.0496. The predicted octanol–water partition coefficient (Wildman–Crippen LogP) is 7.22. The van der Waals surface area contributed by atoms with Gasteiger partial charge in [-0.15, -0.1) is 0 Å². The summed E-state index contributed by atoms with van der Waals surface area (Å²) in [6.07, 6.45) is 20.7. The third-order valence-electron chi connectivity index (χ3n) is 5.54. The average molecular weight is 423 g/mol. The van der Waals surface area contributed by atoms with Crippen molar-refractivity contribution in [3.05, 3.63) is 17.7 Å². The first-order valence-corrected chi connectivity index (χ1v) is 12.0. The monoisotopic (exact) mass is 422 g/mol. The molecule has 30 heavy (non-hydrogen) atoms. The molecule has 0 atom stereocenters. The number of aromatic hydroxyl groups is 3. The topological polar surface area (TPSA) is 87.0 Å². The number of esters is 1. The van der Waals surface area contributed by atoms with Gasteiger partial charge in [0.05, 0.1) is 12.2 Å². The molecule has 172 valence electrons. The van der Waals surface area contributed by atoms with Gasteiger partial charge in [-0.1, -0.05) is 103 Å². The summed E-state index contributed by atoms with van der Waals surface area (Å²) >= 11 is 0. The molecule has 0 saturated heterocycles. The summed E-state index contributed by atoms with van der Waals surface area (Å²) in [5.74, 6) is -2.32. The van der Waals surface area contributed by atoms with Gasteiger partial charge in [0, 0.05) is 0 Å². The fourth-order valence-electron chi connectivity index (χ4n) is 3.62. The highest BCUT2D eigenvalue weighted by Crippen LogP contribution is 2.35. The van der Waals surface area contributed by atoms with Crippen molar-refractivity contribution in [3.63, 3.8) is 0 Å². The van der Waals surface area contributed by atoms with Gasteiger partial charge in [-0.3, -0.25) is 0 Å². The van der Waals surface area contributed by atoms with Crippen molar-refractivity contribution in [3.8, 4) is 17.2 Å². The van der Waals surface area contributed by atoms with Crippen LogP contribution in [0.1, 0.15) is 120 Å². The lowest BCUT2D eigenvalue weighted by Gasteiger charge is -2.07. The summed E-state index contributed by atoms with van der Waals surface area (Å²) in [5, 5.41) is 28.2. The molecule has 1 aromatic carbocycles. The second kappa shape index (κ2) is 16.8. The molecule has 0 heterocycles. The third kappa shape index (κ3) is 11.9. The summed E-state index contributed by atoms with van der Waals surface area (Å²) < 4.78 is 5.15. The highest BCUT2D eigenvalue weighted by Gasteiger charge is 2.14. The van der Waals surface area contributed by atoms with Crippen molar-refractivity contribution in [2.75, 3.05) is 6.61 Å². The van der Waals surface area contributed by atoms with Gasteiger partial charge in [0.15, 0.2) is 17.2 Å². The molecule has 0 aliphatic rings. The number of unbranched alkanes of at least 4 members (excludes halogenated alkanes) is 15. The standard InChI is InChI=1S/C25H42O5/c1-2-3-4-5-6-7-8-9-10-11-12-13-14-15-16-17-18-30-25(29)21-19-22(26)24(28)23(27)20-21/h19-20,26-28H,2-18H2,1H3. The second-order valence-electron chi connectivity index (χ2n) is 8.30. The van der Waals surface area contributed by atoms with Gasteiger partial charge < -0.3 is 20.1 Å². The number of phenolic OH excluding ortho intramolecular Hbond substituents is 3. The number of hydrogen-bond acceptors (Lipinski definition) is 5. The summed E-state index contributed by atoms with van der Waals surface area (Å²) in [4.78, 5) is 11.9. The molecule has 0 aromatic heterocycles. The lowest BCUT2D eigenvalue weighted by Crippen LogP contribution is -2.06. The number of benzene rings is 1. The van der Waals surface area contributed by atoms with E-state index in [9.17, 15) is 20.1 Å². The summed E-state index contributed by atoms with van der Waals surface area (Å²) in [5.41, 5.74) is 0.0271. The number of carbonyl (C=O) groups is 1. The Balaban J connectivity index is 1.88. The Morgan fingerprint density at radius 1 is 0.667 bits per heavy atom. The average Bonchev–Trinajstić information content (AvgIpc) is 2.73. The molecule has 0 aliphatic heterocycles. The Labute approximate surface area is 182 Å². The van der Waals surface area contributed by atoms with Crippen LogP contribution in [0, 0.1) is 0 Å². The van der Waals surface area contributed by atoms with E-state index in [2.05, 4.69) is 6.92 Å². The van der Waals surface area contributed by atoms with E-state index in [1.165, 1.54) is 83.5 Å². The zero-order valence-electron chi connectivity index (χ0n) is 18.8. The van der Waals surface area contributed by atoms with Crippen molar-refractivity contribution in [2.24, 2.45) is 0 Å². The Morgan fingerprint density at radius 3 is 1.43 bits per heavy atom. The van der Waals surface area contributed by atoms with Gasteiger partial charge in [-0.05, 0) is 18.6 Å². The van der Waals surface area contributed by atoms with Crippen molar-refractivity contribution in [1.82, 2.24) is 0 Å². The summed E-state index contributed by atoms with van der Waals surface area (Å²) in [7, 11) is 0. The molecule has 1 aromatic rings. The molecule has 3 N–H and O–H groups in total. The summed E-state index contributed by atoms with van der Waals surface area (Å²) in [6.45, 7) is 2.58. The Hall–Kier alpha value is -1.91. The maximum atomic E-state index is 11.9. The van der Waals surface area contributed by atoms with Gasteiger partial charge in [-0.2, -0.15) is 0 Å². The van der Waals surface area contributed by atoms with Crippen LogP contribution in [0.3, 0.4) is 0 Å². The molecule has 0 unspecified atom stereocenters. The zero-order valence-corrected chi connectivity index (χ0v) is 18.8. The number of carbonyl (C=O) groups excluding carboxylic acids is 1. The zero-order chi connectivity index (χ0) is 22.0. The highest BCUT2D eigenvalue weighted by molar-refractivity contribution is 5.91. The number of phenols is 3. The Kier molecular flexibility index (Phi) is 14.7. The van der Waals surface area contributed by atoms with Gasteiger partial charge in [-0.25, -0.2) is 4.79 Å². The molecule has 0 fully saturated rings. The molecule has 0 radical (unpaired) electrons. The van der Waals surface area contributed by atoms with Crippen LogP contribution in [0.25, 0.3) is 0 Å². The molecule has 0 saturated carbocycles. The SMILES string of the molecule is CCCCCCCCCCCCCCCCCCOC(=O)c1cc(O)c(O)c(O)c1. The van der Waals surface area contributed by atoms with Gasteiger partial charge in [0.25, 0.3) is 0 Å². The van der Waals surface area contributed by atoms with Crippen LogP contribution in [0.2, 0.25) is 0 Å². The van der Waals surface area contributed by atoms with Crippen LogP contribution < -0.4 is 0 Å². The quantitative estimate of drug-likeness (QED) is 0.132. The minimum atomic E-state index is -0.635. The van der Waals surface area contributed by atoms with Crippen LogP contribution >= 0.6 is 0 Å². The van der Waals surface area contributed by atoms with Crippen molar-refractivity contribution >= 4 is 5.97 Å². The normalized spacial score (nSPS) is 11.0. The van der Waals surface area contributed by atoms with Crippen LogP contribution in [0.4, 0.5) is 0 Å². The number of ether oxygens (including phenoxy) is 1. The van der Waals surface area contributed by atoms with E-state index in [0.29, 0.717) is 6.61 Å². The van der Waals surface area contributed by atoms with E-state index < -0.39 is 23.2 Å². The molecule has 1 rings (SSSR count). The fourth-order valence-corrected chi connectivity index (χ4v) is 3.62. The van der Waals surface area contributed by atoms with Crippen molar-refractivity contribution < 1.29 is 24.9 Å². The van der Waals surface area contributed by atoms with Gasteiger partial charge >= 0.3 is 5.97 Å². The van der Waals surface area contributed by atoms with Crippen LogP contribution in [-0.4, -0.2) is 27.9 Å². The molecule has 5 nitrogen and oxygen atoms in total. The van der Waals surface area contributed by atoms with Crippen LogP contribution in [0.15, 0.2) is 12.1 Å². The lowest BCUT2D eigenvalue weighted by atomic mass is 10.0. The molecule has 0 bridgehead atoms. The molecular weight excluding hydrogens is 380 g/mol. The Morgan fingerprint density at radius 2 is 1.03 bits per heavy atom. The third-order valence-corrected chi connectivity index (χ3v) is 5.54. The molecular formula is C25H42O5. The molecule has 0 spiro atoms. The molecule has 0 amide bonds. The van der Waals surface area contributed by atoms with Crippen molar-refractivity contribution in [1.29, 1.82) is 0 Å². The van der Waals surface area contributed by atoms with E-state index >= 15 is 0 Å². The maximum absolute atomic E-state index is 11.9. The molecule has 5 heteroatoms. The fraction of sp³-hybridized carbons (Fsp3) is 0.720.